The van der Waals surface area contributed by atoms with Gasteiger partial charge in [0.1, 0.15) is 5.15 Å². The van der Waals surface area contributed by atoms with Gasteiger partial charge in [-0.2, -0.15) is 4.98 Å². The van der Waals surface area contributed by atoms with Crippen molar-refractivity contribution in [3.05, 3.63) is 53.9 Å². The zero-order chi connectivity index (χ0) is 17.1. The monoisotopic (exact) mass is 372 g/mol. The normalized spacial score (nSPS) is 10.9. The molecule has 4 rings (SSSR count). The molecule has 0 unspecified atom stereocenters. The summed E-state index contributed by atoms with van der Waals surface area (Å²) in [6, 6.07) is 7.02. The fraction of sp³-hybridized carbons (Fsp3) is 0.0667. The van der Waals surface area contributed by atoms with Crippen molar-refractivity contribution in [3.63, 3.8) is 0 Å². The Kier molecular flexibility index (Phi) is 4.40. The Balaban J connectivity index is 1.43. The molecule has 0 bridgehead atoms. The van der Waals surface area contributed by atoms with E-state index < -0.39 is 0 Å². The van der Waals surface area contributed by atoms with Gasteiger partial charge in [-0.1, -0.05) is 28.5 Å². The predicted octanol–water partition coefficient (Wildman–Crippen LogP) is 3.52. The molecule has 8 nitrogen and oxygen atoms in total. The van der Waals surface area contributed by atoms with E-state index in [0.29, 0.717) is 33.7 Å². The van der Waals surface area contributed by atoms with Gasteiger partial charge in [-0.25, -0.2) is 4.98 Å². The van der Waals surface area contributed by atoms with Gasteiger partial charge in [0, 0.05) is 29.7 Å². The molecule has 124 valence electrons. The van der Waals surface area contributed by atoms with Gasteiger partial charge in [-0.3, -0.25) is 4.98 Å². The molecule has 10 heteroatoms. The van der Waals surface area contributed by atoms with Crippen molar-refractivity contribution in [2.45, 2.75) is 11.0 Å². The molecule has 0 aromatic carbocycles. The van der Waals surface area contributed by atoms with Crippen LogP contribution in [0, 0.1) is 0 Å². The van der Waals surface area contributed by atoms with Crippen molar-refractivity contribution < 1.29 is 8.94 Å². The lowest BCUT2D eigenvalue weighted by Crippen LogP contribution is -1.84. The SMILES string of the molecule is Clc1cc(-c2noc(CSc3nnc(-c4ccncc4)o3)n2)ccn1. The Bertz CT molecular complexity index is 990. The Morgan fingerprint density at radius 3 is 2.72 bits per heavy atom. The maximum absolute atomic E-state index is 5.86. The lowest BCUT2D eigenvalue weighted by Gasteiger charge is -1.93. The Labute approximate surface area is 150 Å². The minimum absolute atomic E-state index is 0.368. The molecule has 0 saturated heterocycles. The zero-order valence-electron chi connectivity index (χ0n) is 12.5. The van der Waals surface area contributed by atoms with E-state index >= 15 is 0 Å². The van der Waals surface area contributed by atoms with Crippen molar-refractivity contribution in [1.82, 2.24) is 30.3 Å². The molecular weight excluding hydrogens is 364 g/mol. The average Bonchev–Trinajstić information content (AvgIpc) is 3.30. The molecule has 4 heterocycles. The van der Waals surface area contributed by atoms with E-state index in [1.807, 2.05) is 0 Å². The van der Waals surface area contributed by atoms with Crippen LogP contribution in [-0.2, 0) is 5.75 Å². The molecule has 0 aliphatic carbocycles. The average molecular weight is 373 g/mol. The van der Waals surface area contributed by atoms with Crippen LogP contribution in [0.2, 0.25) is 5.15 Å². The summed E-state index contributed by atoms with van der Waals surface area (Å²) >= 11 is 7.17. The number of halogens is 1. The molecule has 0 aliphatic heterocycles. The van der Waals surface area contributed by atoms with Gasteiger partial charge < -0.3 is 8.94 Å². The Morgan fingerprint density at radius 2 is 1.88 bits per heavy atom. The van der Waals surface area contributed by atoms with Gasteiger partial charge in [0.05, 0.1) is 5.75 Å². The van der Waals surface area contributed by atoms with E-state index in [1.165, 1.54) is 11.8 Å². The molecule has 0 N–H and O–H groups in total. The first kappa shape index (κ1) is 15.7. The van der Waals surface area contributed by atoms with Crippen LogP contribution in [0.25, 0.3) is 22.8 Å². The third-order valence-electron chi connectivity index (χ3n) is 3.11. The third-order valence-corrected chi connectivity index (χ3v) is 4.12. The van der Waals surface area contributed by atoms with Crippen molar-refractivity contribution >= 4 is 23.4 Å². The molecule has 0 saturated carbocycles. The molecular formula is C15H9ClN6O2S. The fourth-order valence-electron chi connectivity index (χ4n) is 1.98. The van der Waals surface area contributed by atoms with Crippen LogP contribution in [0.4, 0.5) is 0 Å². The Morgan fingerprint density at radius 1 is 1.04 bits per heavy atom. The van der Waals surface area contributed by atoms with Gasteiger partial charge in [-0.15, -0.1) is 10.2 Å². The maximum atomic E-state index is 5.86. The molecule has 0 spiro atoms. The van der Waals surface area contributed by atoms with Gasteiger partial charge >= 0.3 is 0 Å². The van der Waals surface area contributed by atoms with Crippen LogP contribution in [0.3, 0.4) is 0 Å². The summed E-state index contributed by atoms with van der Waals surface area (Å²) in [6.07, 6.45) is 4.91. The smallest absolute Gasteiger partial charge is 0.277 e. The summed E-state index contributed by atoms with van der Waals surface area (Å²) in [4.78, 5) is 12.2. The second-order valence-electron chi connectivity index (χ2n) is 4.78. The first-order valence-electron chi connectivity index (χ1n) is 7.09. The highest BCUT2D eigenvalue weighted by atomic mass is 35.5. The van der Waals surface area contributed by atoms with E-state index in [2.05, 4.69) is 30.3 Å². The summed E-state index contributed by atoms with van der Waals surface area (Å²) in [6.45, 7) is 0. The van der Waals surface area contributed by atoms with E-state index in [0.717, 1.165) is 11.1 Å². The number of thioether (sulfide) groups is 1. The van der Waals surface area contributed by atoms with Crippen molar-refractivity contribution in [2.24, 2.45) is 0 Å². The summed E-state index contributed by atoms with van der Waals surface area (Å²) in [7, 11) is 0. The summed E-state index contributed by atoms with van der Waals surface area (Å²) in [5.41, 5.74) is 1.54. The number of pyridine rings is 2. The fourth-order valence-corrected chi connectivity index (χ4v) is 2.75. The van der Waals surface area contributed by atoms with Crippen LogP contribution in [0.5, 0.6) is 0 Å². The minimum Gasteiger partial charge on any atom is -0.411 e. The second kappa shape index (κ2) is 6.99. The van der Waals surface area contributed by atoms with Gasteiger partial charge in [-0.05, 0) is 24.3 Å². The van der Waals surface area contributed by atoms with Crippen molar-refractivity contribution in [3.8, 4) is 22.8 Å². The van der Waals surface area contributed by atoms with Gasteiger partial charge in [0.25, 0.3) is 5.22 Å². The molecule has 0 fully saturated rings. The molecule has 4 aromatic heterocycles. The van der Waals surface area contributed by atoms with E-state index in [1.54, 1.807) is 42.9 Å². The second-order valence-corrected chi connectivity index (χ2v) is 6.09. The largest absolute Gasteiger partial charge is 0.411 e. The van der Waals surface area contributed by atoms with Crippen LogP contribution >= 0.6 is 23.4 Å². The number of hydrogen-bond donors (Lipinski definition) is 0. The van der Waals surface area contributed by atoms with Crippen molar-refractivity contribution in [1.29, 1.82) is 0 Å². The Hall–Kier alpha value is -2.78. The van der Waals surface area contributed by atoms with Crippen LogP contribution in [0.1, 0.15) is 5.89 Å². The molecule has 0 radical (unpaired) electrons. The summed E-state index contributed by atoms with van der Waals surface area (Å²) in [5.74, 6) is 1.73. The van der Waals surface area contributed by atoms with Crippen LogP contribution in [0.15, 0.2) is 57.0 Å². The molecule has 0 atom stereocenters. The number of nitrogens with zero attached hydrogens (tertiary/aromatic N) is 6. The third kappa shape index (κ3) is 3.67. The predicted molar refractivity (Wildman–Crippen MR) is 89.6 cm³/mol. The first-order valence-corrected chi connectivity index (χ1v) is 8.45. The molecule has 25 heavy (non-hydrogen) atoms. The molecule has 0 amide bonds. The lowest BCUT2D eigenvalue weighted by molar-refractivity contribution is 0.391. The van der Waals surface area contributed by atoms with Crippen molar-refractivity contribution in [2.75, 3.05) is 0 Å². The number of aromatic nitrogens is 6. The van der Waals surface area contributed by atoms with E-state index in [9.17, 15) is 0 Å². The molecule has 0 aliphatic rings. The van der Waals surface area contributed by atoms with E-state index in [-0.39, 0.29) is 0 Å². The summed E-state index contributed by atoms with van der Waals surface area (Å²) in [5, 5.41) is 12.7. The number of hydrogen-bond acceptors (Lipinski definition) is 9. The van der Waals surface area contributed by atoms with Crippen LogP contribution in [-0.4, -0.2) is 30.3 Å². The highest BCUT2D eigenvalue weighted by Gasteiger charge is 2.13. The standard InChI is InChI=1S/C15H9ClN6O2S/c16-11-7-10(3-6-18-11)13-19-12(24-22-13)8-25-15-21-20-14(23-15)9-1-4-17-5-2-9/h1-7H,8H2. The highest BCUT2D eigenvalue weighted by Crippen LogP contribution is 2.26. The van der Waals surface area contributed by atoms with Crippen LogP contribution < -0.4 is 0 Å². The first-order chi connectivity index (χ1) is 12.3. The lowest BCUT2D eigenvalue weighted by atomic mass is 10.2. The topological polar surface area (TPSA) is 104 Å². The molecule has 4 aromatic rings. The minimum atomic E-state index is 0.368. The highest BCUT2D eigenvalue weighted by molar-refractivity contribution is 7.98. The van der Waals surface area contributed by atoms with Gasteiger partial charge in [0.2, 0.25) is 17.6 Å². The van der Waals surface area contributed by atoms with E-state index in [4.69, 9.17) is 20.5 Å². The summed E-state index contributed by atoms with van der Waals surface area (Å²) < 4.78 is 10.8. The number of rotatable bonds is 5. The quantitative estimate of drug-likeness (QED) is 0.384. The van der Waals surface area contributed by atoms with Gasteiger partial charge in [0.15, 0.2) is 0 Å². The maximum Gasteiger partial charge on any atom is 0.277 e. The zero-order valence-corrected chi connectivity index (χ0v) is 14.1.